The Labute approximate surface area is 135 Å². The lowest BCUT2D eigenvalue weighted by atomic mass is 10.2. The first kappa shape index (κ1) is 14.7. The zero-order chi connectivity index (χ0) is 13.7. The van der Waals surface area contributed by atoms with E-state index in [1.54, 1.807) is 7.11 Å². The third-order valence-corrected chi connectivity index (χ3v) is 4.04. The Bertz CT molecular complexity index is 540. The molecule has 0 saturated heterocycles. The van der Waals surface area contributed by atoms with E-state index in [2.05, 4.69) is 62.8 Å². The Morgan fingerprint density at radius 2 is 1.84 bits per heavy atom. The fourth-order valence-corrected chi connectivity index (χ4v) is 2.47. The van der Waals surface area contributed by atoms with E-state index in [1.165, 1.54) is 3.57 Å². The monoisotopic (exact) mass is 432 g/mol. The minimum absolute atomic E-state index is 0.573. The van der Waals surface area contributed by atoms with Crippen molar-refractivity contribution in [3.63, 3.8) is 0 Å². The minimum Gasteiger partial charge on any atom is -0.497 e. The second kappa shape index (κ2) is 7.14. The van der Waals surface area contributed by atoms with E-state index in [4.69, 9.17) is 9.47 Å². The van der Waals surface area contributed by atoms with Crippen molar-refractivity contribution >= 4 is 38.5 Å². The van der Waals surface area contributed by atoms with E-state index in [-0.39, 0.29) is 0 Å². The summed E-state index contributed by atoms with van der Waals surface area (Å²) in [4.78, 5) is 0. The van der Waals surface area contributed by atoms with Gasteiger partial charge < -0.3 is 9.47 Å². The van der Waals surface area contributed by atoms with Gasteiger partial charge in [0.2, 0.25) is 0 Å². The van der Waals surface area contributed by atoms with Crippen LogP contribution in [0.4, 0.5) is 0 Å². The first-order chi connectivity index (χ1) is 9.22. The van der Waals surface area contributed by atoms with Crippen LogP contribution in [-0.4, -0.2) is 7.11 Å². The van der Waals surface area contributed by atoms with Crippen molar-refractivity contribution in [3.05, 3.63) is 57.2 Å². The van der Waals surface area contributed by atoms with Crippen LogP contribution in [0.25, 0.3) is 0 Å². The summed E-state index contributed by atoms with van der Waals surface area (Å²) in [6.45, 7) is 0.573. The standard InChI is InChI=1S/C15H14BrIO2/c1-18-14-6-7-15(12(8-14)9-16)19-10-11-2-4-13(17)5-3-11/h2-8H,9-10H2,1H3. The average molecular weight is 433 g/mol. The molecular weight excluding hydrogens is 419 g/mol. The van der Waals surface area contributed by atoms with Crippen LogP contribution in [0.3, 0.4) is 0 Å². The molecule has 0 N–H and O–H groups in total. The van der Waals surface area contributed by atoms with Gasteiger partial charge in [0.25, 0.3) is 0 Å². The molecule has 0 radical (unpaired) electrons. The Morgan fingerprint density at radius 3 is 2.47 bits per heavy atom. The van der Waals surface area contributed by atoms with E-state index >= 15 is 0 Å². The van der Waals surface area contributed by atoms with Crippen LogP contribution < -0.4 is 9.47 Å². The molecule has 100 valence electrons. The fourth-order valence-electron chi connectivity index (χ4n) is 1.67. The topological polar surface area (TPSA) is 18.5 Å². The van der Waals surface area contributed by atoms with E-state index in [0.717, 1.165) is 28.0 Å². The molecule has 0 aliphatic carbocycles. The molecule has 2 nitrogen and oxygen atoms in total. The molecule has 2 aromatic carbocycles. The fraction of sp³-hybridized carbons (Fsp3) is 0.200. The van der Waals surface area contributed by atoms with Crippen LogP contribution in [0.1, 0.15) is 11.1 Å². The summed E-state index contributed by atoms with van der Waals surface area (Å²) in [6, 6.07) is 14.2. The first-order valence-electron chi connectivity index (χ1n) is 5.83. The SMILES string of the molecule is COc1ccc(OCc2ccc(I)cc2)c(CBr)c1. The lowest BCUT2D eigenvalue weighted by Gasteiger charge is -2.11. The molecule has 2 aromatic rings. The van der Waals surface area contributed by atoms with Gasteiger partial charge in [0.05, 0.1) is 7.11 Å². The van der Waals surface area contributed by atoms with Gasteiger partial charge >= 0.3 is 0 Å². The highest BCUT2D eigenvalue weighted by atomic mass is 127. The summed E-state index contributed by atoms with van der Waals surface area (Å²) in [5, 5.41) is 0.742. The van der Waals surface area contributed by atoms with Crippen LogP contribution in [0.15, 0.2) is 42.5 Å². The summed E-state index contributed by atoms with van der Waals surface area (Å²) < 4.78 is 12.3. The smallest absolute Gasteiger partial charge is 0.124 e. The summed E-state index contributed by atoms with van der Waals surface area (Å²) >= 11 is 5.77. The number of halogens is 2. The van der Waals surface area contributed by atoms with Gasteiger partial charge in [-0.15, -0.1) is 0 Å². The summed E-state index contributed by atoms with van der Waals surface area (Å²) in [7, 11) is 1.67. The van der Waals surface area contributed by atoms with Gasteiger partial charge in [-0.2, -0.15) is 0 Å². The van der Waals surface area contributed by atoms with Gasteiger partial charge in [0.15, 0.2) is 0 Å². The second-order valence-corrected chi connectivity index (χ2v) is 5.83. The average Bonchev–Trinajstić information content (AvgIpc) is 2.46. The zero-order valence-corrected chi connectivity index (χ0v) is 14.3. The summed E-state index contributed by atoms with van der Waals surface area (Å²) in [5.74, 6) is 1.73. The normalized spacial score (nSPS) is 10.3. The molecule has 0 aliphatic heterocycles. The molecule has 19 heavy (non-hydrogen) atoms. The summed E-state index contributed by atoms with van der Waals surface area (Å²) in [6.07, 6.45) is 0. The number of methoxy groups -OCH3 is 1. The molecule has 0 fully saturated rings. The summed E-state index contributed by atoms with van der Waals surface area (Å²) in [5.41, 5.74) is 2.25. The number of alkyl halides is 1. The number of ether oxygens (including phenoxy) is 2. The second-order valence-electron chi connectivity index (χ2n) is 4.02. The highest BCUT2D eigenvalue weighted by molar-refractivity contribution is 14.1. The molecular formula is C15H14BrIO2. The van der Waals surface area contributed by atoms with Gasteiger partial charge in [-0.25, -0.2) is 0 Å². The molecule has 0 aromatic heterocycles. The Balaban J connectivity index is 2.08. The van der Waals surface area contributed by atoms with Gasteiger partial charge in [-0.05, 0) is 58.5 Å². The van der Waals surface area contributed by atoms with Crippen molar-refractivity contribution in [1.82, 2.24) is 0 Å². The van der Waals surface area contributed by atoms with Crippen molar-refractivity contribution in [2.75, 3.05) is 7.11 Å². The van der Waals surface area contributed by atoms with Crippen molar-refractivity contribution < 1.29 is 9.47 Å². The zero-order valence-electron chi connectivity index (χ0n) is 10.5. The third-order valence-electron chi connectivity index (χ3n) is 2.72. The van der Waals surface area contributed by atoms with Crippen molar-refractivity contribution in [2.24, 2.45) is 0 Å². The van der Waals surface area contributed by atoms with Crippen LogP contribution in [-0.2, 0) is 11.9 Å². The number of benzene rings is 2. The predicted octanol–water partition coefficient (Wildman–Crippen LogP) is 4.77. The molecule has 0 bridgehead atoms. The molecule has 0 aliphatic rings. The maximum absolute atomic E-state index is 5.87. The molecule has 0 amide bonds. The molecule has 0 saturated carbocycles. The van der Waals surface area contributed by atoms with E-state index < -0.39 is 0 Å². The maximum Gasteiger partial charge on any atom is 0.124 e. The highest BCUT2D eigenvalue weighted by Crippen LogP contribution is 2.26. The predicted molar refractivity (Wildman–Crippen MR) is 89.1 cm³/mol. The minimum atomic E-state index is 0.573. The first-order valence-corrected chi connectivity index (χ1v) is 8.03. The number of hydrogen-bond donors (Lipinski definition) is 0. The lowest BCUT2D eigenvalue weighted by Crippen LogP contribution is -1.98. The van der Waals surface area contributed by atoms with Crippen molar-refractivity contribution in [3.8, 4) is 11.5 Å². The highest BCUT2D eigenvalue weighted by Gasteiger charge is 2.05. The molecule has 0 heterocycles. The van der Waals surface area contributed by atoms with Gasteiger partial charge in [-0.3, -0.25) is 0 Å². The third kappa shape index (κ3) is 4.11. The molecule has 0 atom stereocenters. The molecule has 4 heteroatoms. The van der Waals surface area contributed by atoms with E-state index in [0.29, 0.717) is 6.61 Å². The molecule has 0 unspecified atom stereocenters. The van der Waals surface area contributed by atoms with Crippen LogP contribution in [0.5, 0.6) is 11.5 Å². The van der Waals surface area contributed by atoms with Crippen molar-refractivity contribution in [2.45, 2.75) is 11.9 Å². The Kier molecular flexibility index (Phi) is 5.51. The molecule has 0 spiro atoms. The number of hydrogen-bond acceptors (Lipinski definition) is 2. The lowest BCUT2D eigenvalue weighted by molar-refractivity contribution is 0.303. The van der Waals surface area contributed by atoms with Gasteiger partial charge in [-0.1, -0.05) is 28.1 Å². The largest absolute Gasteiger partial charge is 0.497 e. The Morgan fingerprint density at radius 1 is 1.11 bits per heavy atom. The van der Waals surface area contributed by atoms with Crippen LogP contribution in [0, 0.1) is 3.57 Å². The Hall–Kier alpha value is -0.750. The quantitative estimate of drug-likeness (QED) is 0.500. The van der Waals surface area contributed by atoms with E-state index in [1.807, 2.05) is 18.2 Å². The van der Waals surface area contributed by atoms with E-state index in [9.17, 15) is 0 Å². The maximum atomic E-state index is 5.87. The van der Waals surface area contributed by atoms with Gasteiger partial charge in [0, 0.05) is 14.5 Å². The van der Waals surface area contributed by atoms with Crippen LogP contribution in [0.2, 0.25) is 0 Å². The van der Waals surface area contributed by atoms with Gasteiger partial charge in [0.1, 0.15) is 18.1 Å². The number of rotatable bonds is 5. The molecule has 2 rings (SSSR count). The van der Waals surface area contributed by atoms with Crippen molar-refractivity contribution in [1.29, 1.82) is 0 Å². The van der Waals surface area contributed by atoms with Crippen LogP contribution >= 0.6 is 38.5 Å².